The van der Waals surface area contributed by atoms with Gasteiger partial charge in [-0.25, -0.2) is 4.99 Å². The Bertz CT molecular complexity index is 357. The number of para-hydroxylation sites is 1. The number of nitrogens with zero attached hydrogens (tertiary/aromatic N) is 2. The van der Waals surface area contributed by atoms with E-state index in [0.717, 1.165) is 5.69 Å². The zero-order valence-corrected chi connectivity index (χ0v) is 9.48. The van der Waals surface area contributed by atoms with Crippen LogP contribution in [0.2, 0.25) is 0 Å². The van der Waals surface area contributed by atoms with Crippen molar-refractivity contribution in [1.29, 1.82) is 0 Å². The van der Waals surface area contributed by atoms with Crippen LogP contribution in [0.4, 0.5) is 5.69 Å². The SMILES string of the molecule is CCCCC1c2ccccc2N=CN1C. The van der Waals surface area contributed by atoms with Crippen molar-refractivity contribution in [2.45, 2.75) is 32.2 Å². The minimum absolute atomic E-state index is 0.513. The van der Waals surface area contributed by atoms with Gasteiger partial charge in [0.05, 0.1) is 18.1 Å². The fraction of sp³-hybridized carbons (Fsp3) is 0.462. The van der Waals surface area contributed by atoms with Crippen molar-refractivity contribution in [1.82, 2.24) is 4.90 Å². The molecule has 1 aromatic carbocycles. The summed E-state index contributed by atoms with van der Waals surface area (Å²) in [5.41, 5.74) is 2.51. The van der Waals surface area contributed by atoms with Crippen LogP contribution in [-0.4, -0.2) is 18.3 Å². The van der Waals surface area contributed by atoms with Gasteiger partial charge in [0, 0.05) is 12.6 Å². The Morgan fingerprint density at radius 2 is 2.13 bits per heavy atom. The van der Waals surface area contributed by atoms with Crippen molar-refractivity contribution < 1.29 is 0 Å². The van der Waals surface area contributed by atoms with E-state index in [9.17, 15) is 0 Å². The van der Waals surface area contributed by atoms with Gasteiger partial charge < -0.3 is 4.90 Å². The lowest BCUT2D eigenvalue weighted by molar-refractivity contribution is 0.350. The molecule has 15 heavy (non-hydrogen) atoms. The number of hydrogen-bond donors (Lipinski definition) is 0. The first-order valence-electron chi connectivity index (χ1n) is 5.68. The zero-order chi connectivity index (χ0) is 10.7. The van der Waals surface area contributed by atoms with Gasteiger partial charge in [-0.3, -0.25) is 0 Å². The molecule has 0 radical (unpaired) electrons. The summed E-state index contributed by atoms with van der Waals surface area (Å²) < 4.78 is 0. The highest BCUT2D eigenvalue weighted by molar-refractivity contribution is 5.67. The molecule has 0 bridgehead atoms. The molecule has 1 atom stereocenters. The minimum Gasteiger partial charge on any atom is -0.359 e. The molecule has 1 aliphatic rings. The van der Waals surface area contributed by atoms with Crippen molar-refractivity contribution in [3.05, 3.63) is 29.8 Å². The Hall–Kier alpha value is -1.31. The molecule has 2 heteroatoms. The van der Waals surface area contributed by atoms with Crippen LogP contribution < -0.4 is 0 Å². The smallest absolute Gasteiger partial charge is 0.0915 e. The van der Waals surface area contributed by atoms with Crippen molar-refractivity contribution in [2.75, 3.05) is 7.05 Å². The monoisotopic (exact) mass is 202 g/mol. The lowest BCUT2D eigenvalue weighted by Gasteiger charge is -2.30. The second-order valence-electron chi connectivity index (χ2n) is 4.13. The van der Waals surface area contributed by atoms with E-state index in [4.69, 9.17) is 0 Å². The molecule has 0 amide bonds. The molecule has 0 N–H and O–H groups in total. The zero-order valence-electron chi connectivity index (χ0n) is 9.48. The average molecular weight is 202 g/mol. The topological polar surface area (TPSA) is 15.6 Å². The van der Waals surface area contributed by atoms with Crippen molar-refractivity contribution in [3.8, 4) is 0 Å². The van der Waals surface area contributed by atoms with Gasteiger partial charge in [0.15, 0.2) is 0 Å². The van der Waals surface area contributed by atoms with Crippen LogP contribution in [0.3, 0.4) is 0 Å². The summed E-state index contributed by atoms with van der Waals surface area (Å²) in [5.74, 6) is 0. The van der Waals surface area contributed by atoms with Crippen LogP contribution in [0, 0.1) is 0 Å². The van der Waals surface area contributed by atoms with Gasteiger partial charge in [0.25, 0.3) is 0 Å². The third-order valence-electron chi connectivity index (χ3n) is 3.00. The molecule has 0 saturated heterocycles. The van der Waals surface area contributed by atoms with Gasteiger partial charge >= 0.3 is 0 Å². The second-order valence-corrected chi connectivity index (χ2v) is 4.13. The fourth-order valence-electron chi connectivity index (χ4n) is 2.10. The second kappa shape index (κ2) is 4.47. The third-order valence-corrected chi connectivity index (χ3v) is 3.00. The van der Waals surface area contributed by atoms with Crippen molar-refractivity contribution in [3.63, 3.8) is 0 Å². The summed E-state index contributed by atoms with van der Waals surface area (Å²) in [6.07, 6.45) is 5.69. The molecule has 0 aliphatic carbocycles. The normalized spacial score (nSPS) is 19.1. The molecule has 1 aromatic rings. The Balaban J connectivity index is 2.26. The van der Waals surface area contributed by atoms with Crippen molar-refractivity contribution >= 4 is 12.0 Å². The highest BCUT2D eigenvalue weighted by Crippen LogP contribution is 2.34. The Kier molecular flexibility index (Phi) is 3.05. The van der Waals surface area contributed by atoms with Gasteiger partial charge in [-0.2, -0.15) is 0 Å². The summed E-state index contributed by atoms with van der Waals surface area (Å²) in [4.78, 5) is 6.65. The lowest BCUT2D eigenvalue weighted by Crippen LogP contribution is -2.25. The van der Waals surface area contributed by atoms with Crippen LogP contribution in [-0.2, 0) is 0 Å². The molecular formula is C13H18N2. The first kappa shape index (κ1) is 10.2. The summed E-state index contributed by atoms with van der Waals surface area (Å²) in [5, 5.41) is 0. The maximum Gasteiger partial charge on any atom is 0.0915 e. The first-order chi connectivity index (χ1) is 7.33. The van der Waals surface area contributed by atoms with Crippen LogP contribution >= 0.6 is 0 Å². The van der Waals surface area contributed by atoms with Gasteiger partial charge in [-0.15, -0.1) is 0 Å². The number of fused-ring (bicyclic) bond motifs is 1. The van der Waals surface area contributed by atoms with E-state index in [1.54, 1.807) is 0 Å². The number of hydrogen-bond acceptors (Lipinski definition) is 2. The van der Waals surface area contributed by atoms with E-state index in [2.05, 4.69) is 48.1 Å². The number of rotatable bonds is 3. The van der Waals surface area contributed by atoms with E-state index < -0.39 is 0 Å². The number of aliphatic imine (C=N–C) groups is 1. The highest BCUT2D eigenvalue weighted by atomic mass is 15.2. The predicted molar refractivity (Wildman–Crippen MR) is 64.6 cm³/mol. The molecular weight excluding hydrogens is 184 g/mol. The van der Waals surface area contributed by atoms with Crippen LogP contribution in [0.1, 0.15) is 37.8 Å². The molecule has 0 fully saturated rings. The number of benzene rings is 1. The van der Waals surface area contributed by atoms with Gasteiger partial charge in [0.1, 0.15) is 0 Å². The molecule has 0 saturated carbocycles. The van der Waals surface area contributed by atoms with Gasteiger partial charge in [-0.1, -0.05) is 38.0 Å². The summed E-state index contributed by atoms with van der Waals surface area (Å²) >= 11 is 0. The van der Waals surface area contributed by atoms with Crippen LogP contribution in [0.25, 0.3) is 0 Å². The molecule has 0 aromatic heterocycles. The highest BCUT2D eigenvalue weighted by Gasteiger charge is 2.20. The largest absolute Gasteiger partial charge is 0.359 e. The molecule has 1 unspecified atom stereocenters. The quantitative estimate of drug-likeness (QED) is 0.732. The first-order valence-corrected chi connectivity index (χ1v) is 5.68. The van der Waals surface area contributed by atoms with Crippen molar-refractivity contribution in [2.24, 2.45) is 4.99 Å². The Morgan fingerprint density at radius 1 is 1.33 bits per heavy atom. The van der Waals surface area contributed by atoms with E-state index in [1.807, 2.05) is 6.34 Å². The van der Waals surface area contributed by atoms with Gasteiger partial charge in [0.2, 0.25) is 0 Å². The average Bonchev–Trinajstić information content (AvgIpc) is 2.28. The standard InChI is InChI=1S/C13H18N2/c1-3-4-9-13-11-7-5-6-8-12(11)14-10-15(13)2/h5-8,10,13H,3-4,9H2,1-2H3. The maximum absolute atomic E-state index is 4.43. The number of unbranched alkanes of at least 4 members (excludes halogenated alkanes) is 1. The van der Waals surface area contributed by atoms with E-state index in [0.29, 0.717) is 6.04 Å². The van der Waals surface area contributed by atoms with Crippen LogP contribution in [0.5, 0.6) is 0 Å². The van der Waals surface area contributed by atoms with E-state index in [1.165, 1.54) is 24.8 Å². The molecule has 1 aliphatic heterocycles. The fourth-order valence-corrected chi connectivity index (χ4v) is 2.10. The molecule has 1 heterocycles. The van der Waals surface area contributed by atoms with Crippen LogP contribution in [0.15, 0.2) is 29.3 Å². The minimum atomic E-state index is 0.513. The molecule has 2 rings (SSSR count). The lowest BCUT2D eigenvalue weighted by atomic mass is 9.97. The third kappa shape index (κ3) is 2.04. The Labute approximate surface area is 91.6 Å². The van der Waals surface area contributed by atoms with Gasteiger partial charge in [-0.05, 0) is 12.5 Å². The Morgan fingerprint density at radius 3 is 2.93 bits per heavy atom. The summed E-state index contributed by atoms with van der Waals surface area (Å²) in [6.45, 7) is 2.24. The summed E-state index contributed by atoms with van der Waals surface area (Å²) in [6, 6.07) is 8.96. The molecule has 2 nitrogen and oxygen atoms in total. The molecule has 80 valence electrons. The van der Waals surface area contributed by atoms with E-state index >= 15 is 0 Å². The summed E-state index contributed by atoms with van der Waals surface area (Å²) in [7, 11) is 2.11. The molecule has 0 spiro atoms. The predicted octanol–water partition coefficient (Wildman–Crippen LogP) is 3.52. The van der Waals surface area contributed by atoms with E-state index in [-0.39, 0.29) is 0 Å². The maximum atomic E-state index is 4.43.